The van der Waals surface area contributed by atoms with Gasteiger partial charge in [-0.3, -0.25) is 13.9 Å². The predicted molar refractivity (Wildman–Crippen MR) is 145 cm³/mol. The average Bonchev–Trinajstić information content (AvgIpc) is 3.25. The first kappa shape index (κ1) is 22.2. The highest BCUT2D eigenvalue weighted by Crippen LogP contribution is 2.29. The Kier molecular flexibility index (Phi) is 5.56. The fraction of sp³-hybridized carbons (Fsp3) is 0.200. The number of hydrogen-bond acceptors (Lipinski definition) is 4. The van der Waals surface area contributed by atoms with Gasteiger partial charge in [0.05, 0.1) is 17.1 Å². The number of nitrogens with zero attached hydrogens (tertiary/aromatic N) is 5. The van der Waals surface area contributed by atoms with Crippen molar-refractivity contribution in [1.29, 1.82) is 0 Å². The second-order valence-corrected chi connectivity index (χ2v) is 9.23. The van der Waals surface area contributed by atoms with Crippen molar-refractivity contribution in [2.75, 3.05) is 0 Å². The van der Waals surface area contributed by atoms with E-state index in [1.54, 1.807) is 10.9 Å². The van der Waals surface area contributed by atoms with Gasteiger partial charge in [0.25, 0.3) is 5.56 Å². The fourth-order valence-electron chi connectivity index (χ4n) is 4.86. The predicted octanol–water partition coefficient (Wildman–Crippen LogP) is 6.24. The van der Waals surface area contributed by atoms with E-state index in [1.807, 2.05) is 66.1 Å². The zero-order chi connectivity index (χ0) is 24.6. The molecule has 6 rings (SSSR count). The van der Waals surface area contributed by atoms with Crippen LogP contribution in [-0.2, 0) is 6.42 Å². The van der Waals surface area contributed by atoms with E-state index in [2.05, 4.69) is 31.2 Å². The molecular formula is C30H27N5O. The minimum atomic E-state index is -0.166. The van der Waals surface area contributed by atoms with Crippen LogP contribution in [0.4, 0.5) is 0 Å². The van der Waals surface area contributed by atoms with Crippen LogP contribution in [0.3, 0.4) is 0 Å². The van der Waals surface area contributed by atoms with Gasteiger partial charge in [0.15, 0.2) is 11.3 Å². The summed E-state index contributed by atoms with van der Waals surface area (Å²) in [6.45, 7) is 4.21. The van der Waals surface area contributed by atoms with E-state index in [9.17, 15) is 4.79 Å². The molecule has 0 saturated carbocycles. The highest BCUT2D eigenvalue weighted by atomic mass is 16.1. The van der Waals surface area contributed by atoms with Crippen LogP contribution in [0.1, 0.15) is 43.9 Å². The number of unbranched alkanes of at least 4 members (excludes halogenated alkanes) is 1. The summed E-state index contributed by atoms with van der Waals surface area (Å²) < 4.78 is 3.65. The van der Waals surface area contributed by atoms with Crippen molar-refractivity contribution in [3.05, 3.63) is 107 Å². The van der Waals surface area contributed by atoms with Crippen molar-refractivity contribution in [3.8, 4) is 5.69 Å². The van der Waals surface area contributed by atoms with Crippen molar-refractivity contribution in [1.82, 2.24) is 24.1 Å². The molecular weight excluding hydrogens is 446 g/mol. The summed E-state index contributed by atoms with van der Waals surface area (Å²) in [5, 5.41) is 0.489. The molecule has 0 bridgehead atoms. The molecule has 0 N–H and O–H groups in total. The second kappa shape index (κ2) is 9.04. The van der Waals surface area contributed by atoms with E-state index < -0.39 is 0 Å². The van der Waals surface area contributed by atoms with Gasteiger partial charge in [0.2, 0.25) is 0 Å². The molecule has 3 aromatic carbocycles. The molecule has 1 atom stereocenters. The number of benzene rings is 3. The molecule has 0 spiro atoms. The number of rotatable bonds is 6. The molecule has 0 aliphatic rings. The molecule has 0 amide bonds. The van der Waals surface area contributed by atoms with Gasteiger partial charge in [-0.1, -0.05) is 67.9 Å². The molecule has 36 heavy (non-hydrogen) atoms. The fourth-order valence-corrected chi connectivity index (χ4v) is 4.86. The number of para-hydroxylation sites is 2. The average molecular weight is 474 g/mol. The summed E-state index contributed by atoms with van der Waals surface area (Å²) in [6.07, 6.45) is 5.02. The largest absolute Gasteiger partial charge is 0.291 e. The van der Waals surface area contributed by atoms with E-state index in [1.165, 1.54) is 5.56 Å². The van der Waals surface area contributed by atoms with Crippen LogP contribution in [0.25, 0.3) is 38.9 Å². The van der Waals surface area contributed by atoms with Gasteiger partial charge in [-0.2, -0.15) is 0 Å². The molecule has 0 radical (unpaired) electrons. The molecule has 178 valence electrons. The summed E-state index contributed by atoms with van der Waals surface area (Å²) in [7, 11) is 0. The number of fused-ring (bicyclic) bond motifs is 4. The minimum absolute atomic E-state index is 0.121. The molecule has 3 aromatic heterocycles. The maximum atomic E-state index is 14.0. The van der Waals surface area contributed by atoms with Gasteiger partial charge in [-0.15, -0.1) is 0 Å². The third kappa shape index (κ3) is 3.66. The number of aryl methyl sites for hydroxylation is 1. The molecule has 6 heteroatoms. The monoisotopic (exact) mass is 473 g/mol. The quantitative estimate of drug-likeness (QED) is 0.287. The van der Waals surface area contributed by atoms with Crippen LogP contribution in [0.2, 0.25) is 0 Å². The van der Waals surface area contributed by atoms with Crippen molar-refractivity contribution in [3.63, 3.8) is 0 Å². The Morgan fingerprint density at radius 1 is 0.833 bits per heavy atom. The van der Waals surface area contributed by atoms with Crippen molar-refractivity contribution >= 4 is 33.2 Å². The van der Waals surface area contributed by atoms with Gasteiger partial charge >= 0.3 is 0 Å². The second-order valence-electron chi connectivity index (χ2n) is 9.23. The van der Waals surface area contributed by atoms with Gasteiger partial charge < -0.3 is 0 Å². The van der Waals surface area contributed by atoms with Crippen molar-refractivity contribution < 1.29 is 0 Å². The van der Waals surface area contributed by atoms with Crippen LogP contribution in [0.15, 0.2) is 90.0 Å². The maximum absolute atomic E-state index is 14.0. The summed E-state index contributed by atoms with van der Waals surface area (Å²) in [5.74, 6) is 0. The molecule has 0 unspecified atom stereocenters. The molecule has 3 heterocycles. The van der Waals surface area contributed by atoms with Crippen LogP contribution in [0, 0.1) is 0 Å². The summed E-state index contributed by atoms with van der Waals surface area (Å²) in [5.41, 5.74) is 6.46. The van der Waals surface area contributed by atoms with Crippen LogP contribution in [0.5, 0.6) is 0 Å². The lowest BCUT2D eigenvalue weighted by atomic mass is 10.1. The Hall–Kier alpha value is -4.32. The lowest BCUT2D eigenvalue weighted by molar-refractivity contribution is 0.608. The third-order valence-electron chi connectivity index (χ3n) is 6.90. The Morgan fingerprint density at radius 2 is 1.53 bits per heavy atom. The molecule has 0 fully saturated rings. The number of hydrogen-bond donors (Lipinski definition) is 0. The zero-order valence-electron chi connectivity index (χ0n) is 20.4. The lowest BCUT2D eigenvalue weighted by Gasteiger charge is -2.15. The lowest BCUT2D eigenvalue weighted by Crippen LogP contribution is -2.24. The van der Waals surface area contributed by atoms with Crippen molar-refractivity contribution in [2.45, 2.75) is 39.2 Å². The van der Waals surface area contributed by atoms with E-state index in [0.717, 1.165) is 41.5 Å². The Labute approximate surface area is 208 Å². The van der Waals surface area contributed by atoms with Gasteiger partial charge in [-0.25, -0.2) is 15.0 Å². The normalized spacial score (nSPS) is 12.5. The standard InChI is InChI=1S/C30H27N5O/c1-3-4-10-21-15-17-23(18-16-21)35-28-26(27-29(35)33-25-14-9-8-13-24(25)32-27)30(36)34(19-31-28)20(2)22-11-6-5-7-12-22/h5-9,11-20H,3-4,10H2,1-2H3/t20-/m0/s1. The Bertz CT molecular complexity index is 1750. The molecule has 0 aliphatic carbocycles. The van der Waals surface area contributed by atoms with E-state index in [0.29, 0.717) is 22.2 Å². The summed E-state index contributed by atoms with van der Waals surface area (Å²) >= 11 is 0. The van der Waals surface area contributed by atoms with Crippen LogP contribution in [-0.4, -0.2) is 24.1 Å². The molecule has 0 saturated heterocycles. The SMILES string of the molecule is CCCCc1ccc(-n2c3nc4ccccc4nc3c3c(=O)n([C@@H](C)c4ccccc4)cnc32)cc1. The van der Waals surface area contributed by atoms with E-state index in [4.69, 9.17) is 15.0 Å². The first-order valence-corrected chi connectivity index (χ1v) is 12.5. The first-order valence-electron chi connectivity index (χ1n) is 12.5. The van der Waals surface area contributed by atoms with Crippen LogP contribution >= 0.6 is 0 Å². The summed E-state index contributed by atoms with van der Waals surface area (Å²) in [4.78, 5) is 28.6. The summed E-state index contributed by atoms with van der Waals surface area (Å²) in [6, 6.07) is 26.0. The third-order valence-corrected chi connectivity index (χ3v) is 6.90. The van der Waals surface area contributed by atoms with Gasteiger partial charge in [0.1, 0.15) is 17.2 Å². The minimum Gasteiger partial charge on any atom is -0.291 e. The Morgan fingerprint density at radius 3 is 2.25 bits per heavy atom. The van der Waals surface area contributed by atoms with Crippen molar-refractivity contribution in [2.24, 2.45) is 0 Å². The smallest absolute Gasteiger partial charge is 0.265 e. The van der Waals surface area contributed by atoms with Gasteiger partial charge in [-0.05, 0) is 55.2 Å². The maximum Gasteiger partial charge on any atom is 0.265 e. The van der Waals surface area contributed by atoms with Crippen LogP contribution < -0.4 is 5.56 Å². The van der Waals surface area contributed by atoms with E-state index >= 15 is 0 Å². The number of aromatic nitrogens is 5. The zero-order valence-corrected chi connectivity index (χ0v) is 20.4. The topological polar surface area (TPSA) is 65.6 Å². The van der Waals surface area contributed by atoms with E-state index in [-0.39, 0.29) is 11.6 Å². The highest BCUT2D eigenvalue weighted by molar-refractivity contribution is 6.05. The van der Waals surface area contributed by atoms with Gasteiger partial charge in [0, 0.05) is 5.69 Å². The molecule has 6 nitrogen and oxygen atoms in total. The first-order chi connectivity index (χ1) is 17.7. The Balaban J connectivity index is 1.62. The molecule has 0 aliphatic heterocycles. The highest BCUT2D eigenvalue weighted by Gasteiger charge is 2.22. The molecule has 6 aromatic rings.